The van der Waals surface area contributed by atoms with Gasteiger partial charge < -0.3 is 0 Å². The molecular formula is C28H29N3O2S3. The predicted octanol–water partition coefficient (Wildman–Crippen LogP) is 8.00. The van der Waals surface area contributed by atoms with Gasteiger partial charge in [-0.05, 0) is 61.4 Å². The van der Waals surface area contributed by atoms with E-state index in [0.29, 0.717) is 11.4 Å². The monoisotopic (exact) mass is 535 g/mol. The fourth-order valence-electron chi connectivity index (χ4n) is 3.91. The van der Waals surface area contributed by atoms with Gasteiger partial charge >= 0.3 is 0 Å². The zero-order valence-electron chi connectivity index (χ0n) is 21.1. The van der Waals surface area contributed by atoms with Gasteiger partial charge in [-0.3, -0.25) is 4.98 Å². The Kier molecular flexibility index (Phi) is 6.47. The van der Waals surface area contributed by atoms with Crippen LogP contribution in [-0.2, 0) is 15.3 Å². The number of pyridine rings is 1. The molecule has 0 aliphatic rings. The molecule has 3 aromatic heterocycles. The molecule has 0 saturated carbocycles. The summed E-state index contributed by atoms with van der Waals surface area (Å²) in [7, 11) is -3.70. The molecule has 0 aliphatic heterocycles. The minimum absolute atomic E-state index is 0.0206. The third-order valence-corrected chi connectivity index (χ3v) is 11.1. The maximum absolute atomic E-state index is 13.5. The van der Waals surface area contributed by atoms with E-state index in [9.17, 15) is 8.42 Å². The molecule has 0 fully saturated rings. The number of hydrogen-bond acceptors (Lipinski definition) is 7. The first kappa shape index (κ1) is 25.0. The lowest BCUT2D eigenvalue weighted by atomic mass is 9.86. The quantitative estimate of drug-likeness (QED) is 0.211. The summed E-state index contributed by atoms with van der Waals surface area (Å²) in [6, 6.07) is 14.5. The second-order valence-corrected chi connectivity index (χ2v) is 13.9. The highest BCUT2D eigenvalue weighted by atomic mass is 32.2. The Labute approximate surface area is 220 Å². The number of fused-ring (bicyclic) bond motifs is 2. The summed E-state index contributed by atoms with van der Waals surface area (Å²) < 4.78 is 28.9. The van der Waals surface area contributed by atoms with Gasteiger partial charge in [0.2, 0.25) is 9.84 Å². The van der Waals surface area contributed by atoms with Crippen molar-refractivity contribution in [2.75, 3.05) is 0 Å². The second-order valence-electron chi connectivity index (χ2n) is 9.81. The molecule has 0 spiro atoms. The van der Waals surface area contributed by atoms with Gasteiger partial charge in [0.25, 0.3) is 0 Å². The average Bonchev–Trinajstić information content (AvgIpc) is 3.51. The van der Waals surface area contributed by atoms with Crippen molar-refractivity contribution in [2.24, 2.45) is 0 Å². The summed E-state index contributed by atoms with van der Waals surface area (Å²) in [5, 5.41) is 1.87. The first-order valence-corrected chi connectivity index (χ1v) is 15.3. The summed E-state index contributed by atoms with van der Waals surface area (Å²) in [6.45, 7) is 10.8. The van der Waals surface area contributed by atoms with Crippen molar-refractivity contribution in [1.29, 1.82) is 0 Å². The lowest BCUT2D eigenvalue weighted by molar-refractivity contribution is 0.490. The highest BCUT2D eigenvalue weighted by Crippen LogP contribution is 2.35. The van der Waals surface area contributed by atoms with Crippen molar-refractivity contribution in [3.05, 3.63) is 65.4 Å². The fraction of sp³-hybridized carbons (Fsp3) is 0.321. The molecule has 0 radical (unpaired) electrons. The number of sulfone groups is 1. The Bertz CT molecular complexity index is 1670. The largest absolute Gasteiger partial charge is 0.260 e. The molecule has 1 unspecified atom stereocenters. The minimum Gasteiger partial charge on any atom is -0.260 e. The Hall–Kier alpha value is -2.68. The van der Waals surface area contributed by atoms with E-state index in [-0.39, 0.29) is 15.2 Å². The zero-order chi connectivity index (χ0) is 25.7. The van der Waals surface area contributed by atoms with Crippen LogP contribution in [0.25, 0.3) is 31.0 Å². The van der Waals surface area contributed by atoms with Crippen LogP contribution in [0.2, 0.25) is 0 Å². The molecule has 186 valence electrons. The highest BCUT2D eigenvalue weighted by molar-refractivity contribution is 7.91. The predicted molar refractivity (Wildman–Crippen MR) is 150 cm³/mol. The van der Waals surface area contributed by atoms with E-state index in [1.807, 2.05) is 24.4 Å². The third-order valence-electron chi connectivity index (χ3n) is 6.98. The van der Waals surface area contributed by atoms with Gasteiger partial charge in [0.15, 0.2) is 0 Å². The molecule has 8 heteroatoms. The van der Waals surface area contributed by atoms with Gasteiger partial charge in [0, 0.05) is 28.8 Å². The molecule has 0 saturated heterocycles. The Balaban J connectivity index is 1.48. The summed E-state index contributed by atoms with van der Waals surface area (Å²) in [5.41, 5.74) is 3.41. The van der Waals surface area contributed by atoms with Crippen molar-refractivity contribution >= 4 is 52.9 Å². The van der Waals surface area contributed by atoms with Crippen LogP contribution in [0, 0.1) is 0 Å². The van der Waals surface area contributed by atoms with Gasteiger partial charge in [0.1, 0.15) is 5.01 Å². The van der Waals surface area contributed by atoms with Crippen LogP contribution >= 0.6 is 22.7 Å². The lowest BCUT2D eigenvalue weighted by Crippen LogP contribution is -2.17. The van der Waals surface area contributed by atoms with Gasteiger partial charge in [-0.2, -0.15) is 0 Å². The lowest BCUT2D eigenvalue weighted by Gasteiger charge is -2.21. The van der Waals surface area contributed by atoms with E-state index >= 15 is 0 Å². The van der Waals surface area contributed by atoms with Gasteiger partial charge in [-0.1, -0.05) is 34.6 Å². The van der Waals surface area contributed by atoms with E-state index in [1.54, 1.807) is 35.6 Å². The maximum atomic E-state index is 13.5. The smallest absolute Gasteiger partial charge is 0.206 e. The minimum atomic E-state index is -3.70. The molecule has 0 bridgehead atoms. The topological polar surface area (TPSA) is 72.8 Å². The zero-order valence-corrected chi connectivity index (χ0v) is 23.5. The van der Waals surface area contributed by atoms with Crippen LogP contribution in [-0.4, -0.2) is 23.4 Å². The normalized spacial score (nSPS) is 13.5. The first-order chi connectivity index (χ1) is 17.1. The first-order valence-electron chi connectivity index (χ1n) is 12.2. The van der Waals surface area contributed by atoms with Crippen LogP contribution in [0.3, 0.4) is 0 Å². The van der Waals surface area contributed by atoms with Crippen molar-refractivity contribution < 1.29 is 8.42 Å². The number of aromatic nitrogens is 3. The molecule has 0 aliphatic carbocycles. The van der Waals surface area contributed by atoms with Crippen molar-refractivity contribution in [1.82, 2.24) is 15.0 Å². The fourth-order valence-corrected chi connectivity index (χ4v) is 7.23. The molecule has 2 aromatic carbocycles. The van der Waals surface area contributed by atoms with E-state index in [2.05, 4.69) is 45.7 Å². The SMILES string of the molecule is CCC(C)c1nc2cc(S(=O)(=O)c3ccc4sc(-c5ccc(C(C)(C)CC)nc5)nc4c3)ccc2s1. The number of hydrogen-bond donors (Lipinski definition) is 0. The molecule has 5 nitrogen and oxygen atoms in total. The van der Waals surface area contributed by atoms with Crippen LogP contribution in [0.5, 0.6) is 0 Å². The number of benzene rings is 2. The van der Waals surface area contributed by atoms with E-state index < -0.39 is 9.84 Å². The van der Waals surface area contributed by atoms with Crippen molar-refractivity contribution in [3.63, 3.8) is 0 Å². The molecule has 0 N–H and O–H groups in total. The molecule has 36 heavy (non-hydrogen) atoms. The Morgan fingerprint density at radius 1 is 0.889 bits per heavy atom. The summed E-state index contributed by atoms with van der Waals surface area (Å²) in [5.74, 6) is 0.355. The molecule has 1 atom stereocenters. The second kappa shape index (κ2) is 9.32. The van der Waals surface area contributed by atoms with Crippen molar-refractivity contribution in [2.45, 2.75) is 68.6 Å². The molecule has 5 aromatic rings. The Morgan fingerprint density at radius 2 is 1.53 bits per heavy atom. The van der Waals surface area contributed by atoms with Crippen LogP contribution < -0.4 is 0 Å². The van der Waals surface area contributed by atoms with Crippen molar-refractivity contribution in [3.8, 4) is 10.6 Å². The Morgan fingerprint density at radius 3 is 2.11 bits per heavy atom. The number of rotatable bonds is 7. The third kappa shape index (κ3) is 4.46. The maximum Gasteiger partial charge on any atom is 0.206 e. The van der Waals surface area contributed by atoms with Gasteiger partial charge in [0.05, 0.1) is 35.2 Å². The molecular weight excluding hydrogens is 507 g/mol. The summed E-state index contributed by atoms with van der Waals surface area (Å²) >= 11 is 3.17. The van der Waals surface area contributed by atoms with Gasteiger partial charge in [-0.25, -0.2) is 18.4 Å². The van der Waals surface area contributed by atoms with E-state index in [4.69, 9.17) is 9.97 Å². The van der Waals surface area contributed by atoms with E-state index in [0.717, 1.165) is 49.0 Å². The molecule has 0 amide bonds. The highest BCUT2D eigenvalue weighted by Gasteiger charge is 2.22. The number of nitrogens with zero attached hydrogens (tertiary/aromatic N) is 3. The van der Waals surface area contributed by atoms with Gasteiger partial charge in [-0.15, -0.1) is 22.7 Å². The van der Waals surface area contributed by atoms with Crippen LogP contribution in [0.15, 0.2) is 64.5 Å². The van der Waals surface area contributed by atoms with Crippen LogP contribution in [0.4, 0.5) is 0 Å². The number of thiazole rings is 2. The molecule has 3 heterocycles. The van der Waals surface area contributed by atoms with E-state index in [1.165, 1.54) is 11.3 Å². The average molecular weight is 536 g/mol. The standard InChI is InChI=1S/C28H29N3O2S3/c1-6-17(3)26-30-21-14-19(9-11-23(21)34-26)36(32,33)20-10-12-24-22(15-20)31-27(35-24)18-8-13-25(29-16-18)28(4,5)7-2/h8-17H,6-7H2,1-5H3. The molecule has 5 rings (SSSR count). The summed E-state index contributed by atoms with van der Waals surface area (Å²) in [4.78, 5) is 14.6. The summed E-state index contributed by atoms with van der Waals surface area (Å²) in [6.07, 6.45) is 3.86. The van der Waals surface area contributed by atoms with Crippen LogP contribution in [0.1, 0.15) is 64.1 Å².